The van der Waals surface area contributed by atoms with Gasteiger partial charge in [-0.1, -0.05) is 53.4 Å². The summed E-state index contributed by atoms with van der Waals surface area (Å²) in [6.07, 6.45) is 5.80. The van der Waals surface area contributed by atoms with Crippen LogP contribution >= 0.6 is 15.9 Å². The molecule has 0 spiro atoms. The average Bonchev–Trinajstić information content (AvgIpc) is 2.79. The van der Waals surface area contributed by atoms with Crippen molar-refractivity contribution < 1.29 is 9.21 Å². The van der Waals surface area contributed by atoms with Crippen molar-refractivity contribution >= 4 is 32.8 Å². The van der Waals surface area contributed by atoms with E-state index in [-0.39, 0.29) is 11.9 Å². The van der Waals surface area contributed by atoms with Crippen molar-refractivity contribution in [2.24, 2.45) is 0 Å². The Morgan fingerprint density at radius 2 is 2.00 bits per heavy atom. The number of carbonyl (C=O) groups excluding carboxylic acids is 1. The van der Waals surface area contributed by atoms with Gasteiger partial charge in [-0.15, -0.1) is 0 Å². The summed E-state index contributed by atoms with van der Waals surface area (Å²) >= 11 is 3.70. The predicted octanol–water partition coefficient (Wildman–Crippen LogP) is 4.26. The highest BCUT2D eigenvalue weighted by atomic mass is 79.9. The summed E-state index contributed by atoms with van der Waals surface area (Å²) in [6, 6.07) is 9.69. The molecule has 1 aliphatic carbocycles. The van der Waals surface area contributed by atoms with Gasteiger partial charge >= 0.3 is 0 Å². The van der Waals surface area contributed by atoms with Gasteiger partial charge in [0, 0.05) is 16.3 Å². The van der Waals surface area contributed by atoms with E-state index in [1.165, 1.54) is 19.3 Å². The van der Waals surface area contributed by atoms with Crippen LogP contribution in [0.5, 0.6) is 0 Å². The molecular weight excluding hydrogens is 318 g/mol. The van der Waals surface area contributed by atoms with E-state index >= 15 is 0 Å². The summed E-state index contributed by atoms with van der Waals surface area (Å²) in [7, 11) is 0. The number of hydrogen-bond acceptors (Lipinski definition) is 2. The minimum Gasteiger partial charge on any atom is -0.451 e. The van der Waals surface area contributed by atoms with Crippen molar-refractivity contribution in [3.05, 3.63) is 36.1 Å². The molecule has 2 atom stereocenters. The molecule has 1 N–H and O–H groups in total. The molecule has 106 valence electrons. The lowest BCUT2D eigenvalue weighted by molar-refractivity contribution is 0.0909. The van der Waals surface area contributed by atoms with E-state index in [9.17, 15) is 4.79 Å². The molecule has 1 aliphatic rings. The van der Waals surface area contributed by atoms with Crippen molar-refractivity contribution in [2.45, 2.75) is 43.0 Å². The third-order valence-electron chi connectivity index (χ3n) is 3.90. The summed E-state index contributed by atoms with van der Waals surface area (Å²) in [5, 5.41) is 4.07. The van der Waals surface area contributed by atoms with Crippen LogP contribution in [0.15, 0.2) is 34.7 Å². The molecule has 1 aromatic heterocycles. The summed E-state index contributed by atoms with van der Waals surface area (Å²) < 4.78 is 5.61. The molecule has 3 nitrogen and oxygen atoms in total. The Hall–Kier alpha value is -1.29. The summed E-state index contributed by atoms with van der Waals surface area (Å²) in [5.74, 6) is 0.285. The standard InChI is InChI=1S/C16H18BrNO2/c17-12-7-2-1-3-8-13(12)18-16(19)15-10-11-6-4-5-9-14(11)20-15/h4-6,9-10,12-13H,1-3,7-8H2,(H,18,19). The van der Waals surface area contributed by atoms with Crippen LogP contribution in [0.3, 0.4) is 0 Å². The maximum atomic E-state index is 12.3. The van der Waals surface area contributed by atoms with E-state index in [2.05, 4.69) is 21.2 Å². The number of rotatable bonds is 2. The van der Waals surface area contributed by atoms with Crippen LogP contribution in [0.1, 0.15) is 42.7 Å². The second kappa shape index (κ2) is 6.00. The maximum absolute atomic E-state index is 12.3. The average molecular weight is 336 g/mol. The topological polar surface area (TPSA) is 42.2 Å². The second-order valence-electron chi connectivity index (χ2n) is 5.38. The largest absolute Gasteiger partial charge is 0.451 e. The number of para-hydroxylation sites is 1. The van der Waals surface area contributed by atoms with Gasteiger partial charge in [0.2, 0.25) is 0 Å². The lowest BCUT2D eigenvalue weighted by Crippen LogP contribution is -2.40. The lowest BCUT2D eigenvalue weighted by atomic mass is 10.1. The number of hydrogen-bond donors (Lipinski definition) is 1. The van der Waals surface area contributed by atoms with Crippen molar-refractivity contribution in [2.75, 3.05) is 0 Å². The molecule has 20 heavy (non-hydrogen) atoms. The predicted molar refractivity (Wildman–Crippen MR) is 83.3 cm³/mol. The van der Waals surface area contributed by atoms with Gasteiger partial charge in [-0.3, -0.25) is 4.79 Å². The quantitative estimate of drug-likeness (QED) is 0.658. The third kappa shape index (κ3) is 2.90. The fraction of sp³-hybridized carbons (Fsp3) is 0.438. The zero-order valence-electron chi connectivity index (χ0n) is 11.3. The summed E-state index contributed by atoms with van der Waals surface area (Å²) in [6.45, 7) is 0. The SMILES string of the molecule is O=C(NC1CCCCCC1Br)c1cc2ccccc2o1. The lowest BCUT2D eigenvalue weighted by Gasteiger charge is -2.20. The molecule has 2 unspecified atom stereocenters. The van der Waals surface area contributed by atoms with E-state index in [1.54, 1.807) is 0 Å². The number of alkyl halides is 1. The molecule has 1 saturated carbocycles. The summed E-state index contributed by atoms with van der Waals surface area (Å²) in [5.41, 5.74) is 0.758. The zero-order valence-corrected chi connectivity index (χ0v) is 12.9. The number of halogens is 1. The van der Waals surface area contributed by atoms with Crippen molar-refractivity contribution in [3.8, 4) is 0 Å². The monoisotopic (exact) mass is 335 g/mol. The Morgan fingerprint density at radius 1 is 1.20 bits per heavy atom. The number of carbonyl (C=O) groups is 1. The van der Waals surface area contributed by atoms with Crippen LogP contribution in [0, 0.1) is 0 Å². The van der Waals surface area contributed by atoms with E-state index in [0.29, 0.717) is 10.6 Å². The molecule has 0 radical (unpaired) electrons. The molecule has 2 aromatic rings. The first-order chi connectivity index (χ1) is 9.74. The zero-order chi connectivity index (χ0) is 13.9. The molecule has 4 heteroatoms. The molecule has 0 bridgehead atoms. The van der Waals surface area contributed by atoms with Crippen LogP contribution in [0.4, 0.5) is 0 Å². The minimum absolute atomic E-state index is 0.113. The Bertz CT molecular complexity index is 574. The van der Waals surface area contributed by atoms with Gasteiger partial charge in [-0.25, -0.2) is 0 Å². The fourth-order valence-electron chi connectivity index (χ4n) is 2.76. The summed E-state index contributed by atoms with van der Waals surface area (Å²) in [4.78, 5) is 12.7. The number of furan rings is 1. The normalized spacial score (nSPS) is 23.4. The molecule has 1 heterocycles. The van der Waals surface area contributed by atoms with Gasteiger partial charge in [0.1, 0.15) is 5.58 Å². The minimum atomic E-state index is -0.113. The van der Waals surface area contributed by atoms with E-state index in [4.69, 9.17) is 4.42 Å². The highest BCUT2D eigenvalue weighted by molar-refractivity contribution is 9.09. The molecule has 0 aliphatic heterocycles. The van der Waals surface area contributed by atoms with Crippen LogP contribution < -0.4 is 5.32 Å². The van der Waals surface area contributed by atoms with Crippen molar-refractivity contribution in [3.63, 3.8) is 0 Å². The number of fused-ring (bicyclic) bond motifs is 1. The first-order valence-electron chi connectivity index (χ1n) is 7.17. The van der Waals surface area contributed by atoms with Crippen LogP contribution in [-0.2, 0) is 0 Å². The first kappa shape index (κ1) is 13.7. The highest BCUT2D eigenvalue weighted by Crippen LogP contribution is 2.25. The van der Waals surface area contributed by atoms with E-state index in [0.717, 1.165) is 23.8 Å². The number of benzene rings is 1. The molecule has 0 saturated heterocycles. The smallest absolute Gasteiger partial charge is 0.287 e. The Labute approximate surface area is 126 Å². The Kier molecular flexibility index (Phi) is 4.10. The maximum Gasteiger partial charge on any atom is 0.287 e. The first-order valence-corrected chi connectivity index (χ1v) is 8.09. The van der Waals surface area contributed by atoms with Gasteiger partial charge in [0.05, 0.1) is 0 Å². The van der Waals surface area contributed by atoms with Gasteiger partial charge in [-0.2, -0.15) is 0 Å². The van der Waals surface area contributed by atoms with Crippen LogP contribution in [0.25, 0.3) is 11.0 Å². The highest BCUT2D eigenvalue weighted by Gasteiger charge is 2.24. The second-order valence-corrected chi connectivity index (χ2v) is 6.56. The van der Waals surface area contributed by atoms with Crippen molar-refractivity contribution in [1.29, 1.82) is 0 Å². The molecule has 1 amide bonds. The van der Waals surface area contributed by atoms with E-state index < -0.39 is 0 Å². The number of amides is 1. The van der Waals surface area contributed by atoms with Gasteiger partial charge in [0.25, 0.3) is 5.91 Å². The van der Waals surface area contributed by atoms with Gasteiger partial charge < -0.3 is 9.73 Å². The Morgan fingerprint density at radius 3 is 2.85 bits per heavy atom. The van der Waals surface area contributed by atoms with Crippen LogP contribution in [-0.4, -0.2) is 16.8 Å². The van der Waals surface area contributed by atoms with Crippen LogP contribution in [0.2, 0.25) is 0 Å². The number of nitrogens with one attached hydrogen (secondary N) is 1. The van der Waals surface area contributed by atoms with Gasteiger partial charge in [0.15, 0.2) is 5.76 Å². The molecular formula is C16H18BrNO2. The van der Waals surface area contributed by atoms with Gasteiger partial charge in [-0.05, 0) is 25.0 Å². The van der Waals surface area contributed by atoms with Crippen molar-refractivity contribution in [1.82, 2.24) is 5.32 Å². The van der Waals surface area contributed by atoms with E-state index in [1.807, 2.05) is 30.3 Å². The Balaban J connectivity index is 1.74. The fourth-order valence-corrected chi connectivity index (χ4v) is 3.48. The molecule has 1 fully saturated rings. The molecule has 3 rings (SSSR count). The third-order valence-corrected chi connectivity index (χ3v) is 4.99. The molecule has 1 aromatic carbocycles.